The quantitative estimate of drug-likeness (QED) is 0.648. The van der Waals surface area contributed by atoms with Crippen molar-refractivity contribution in [2.45, 2.75) is 18.9 Å². The molecular weight excluding hydrogens is 280 g/mol. The third-order valence-corrected chi connectivity index (χ3v) is 3.41. The Morgan fingerprint density at radius 3 is 2.85 bits per heavy atom. The number of aliphatic carboxylic acids is 1. The van der Waals surface area contributed by atoms with E-state index < -0.39 is 18.0 Å². The molecule has 1 aromatic rings. The Kier molecular flexibility index (Phi) is 6.92. The monoisotopic (exact) mass is 300 g/mol. The molecule has 1 heterocycles. The zero-order valence-corrected chi connectivity index (χ0v) is 12.4. The molecule has 0 aliphatic carbocycles. The molecule has 0 unspecified atom stereocenters. The second-order valence-corrected chi connectivity index (χ2v) is 5.26. The normalized spacial score (nSPS) is 11.9. The molecular formula is C12H20N4O3S. The SMILES string of the molecule is CSCC[C@@H](NC(=O)NCCc1nccn1C)C(=O)O. The largest absolute Gasteiger partial charge is 0.480 e. The van der Waals surface area contributed by atoms with Crippen LogP contribution in [0, 0.1) is 0 Å². The Balaban J connectivity index is 2.31. The lowest BCUT2D eigenvalue weighted by molar-refractivity contribution is -0.139. The molecule has 1 rings (SSSR count). The van der Waals surface area contributed by atoms with E-state index in [0.29, 0.717) is 25.1 Å². The first kappa shape index (κ1) is 16.4. The lowest BCUT2D eigenvalue weighted by Gasteiger charge is -2.14. The maximum atomic E-state index is 11.6. The van der Waals surface area contributed by atoms with Crippen molar-refractivity contribution in [3.8, 4) is 0 Å². The van der Waals surface area contributed by atoms with Crippen LogP contribution in [0.5, 0.6) is 0 Å². The van der Waals surface area contributed by atoms with E-state index in [-0.39, 0.29) is 0 Å². The molecule has 0 bridgehead atoms. The Labute approximate surface area is 122 Å². The van der Waals surface area contributed by atoms with Crippen LogP contribution in [0.25, 0.3) is 0 Å². The highest BCUT2D eigenvalue weighted by Gasteiger charge is 2.18. The molecule has 0 aliphatic rings. The first-order valence-corrected chi connectivity index (χ1v) is 7.66. The summed E-state index contributed by atoms with van der Waals surface area (Å²) in [6.07, 6.45) is 6.42. The zero-order chi connectivity index (χ0) is 15.0. The third-order valence-electron chi connectivity index (χ3n) is 2.77. The van der Waals surface area contributed by atoms with Gasteiger partial charge in [-0.25, -0.2) is 14.6 Å². The minimum absolute atomic E-state index is 0.406. The van der Waals surface area contributed by atoms with Crippen LogP contribution in [0.2, 0.25) is 0 Å². The average molecular weight is 300 g/mol. The lowest BCUT2D eigenvalue weighted by Crippen LogP contribution is -2.46. The van der Waals surface area contributed by atoms with Crippen molar-refractivity contribution in [2.75, 3.05) is 18.6 Å². The highest BCUT2D eigenvalue weighted by Crippen LogP contribution is 2.01. The number of carbonyl (C=O) groups excluding carboxylic acids is 1. The fourth-order valence-electron chi connectivity index (χ4n) is 1.63. The number of aromatic nitrogens is 2. The van der Waals surface area contributed by atoms with Crippen molar-refractivity contribution in [3.05, 3.63) is 18.2 Å². The molecule has 0 spiro atoms. The van der Waals surface area contributed by atoms with Crippen molar-refractivity contribution >= 4 is 23.8 Å². The summed E-state index contributed by atoms with van der Waals surface area (Å²) in [7, 11) is 1.88. The van der Waals surface area contributed by atoms with E-state index in [0.717, 1.165) is 5.82 Å². The topological polar surface area (TPSA) is 96.3 Å². The molecule has 2 amide bonds. The summed E-state index contributed by atoms with van der Waals surface area (Å²) in [4.78, 5) is 26.7. The number of nitrogens with one attached hydrogen (secondary N) is 2. The number of hydrogen-bond acceptors (Lipinski definition) is 4. The second kappa shape index (κ2) is 8.47. The number of carbonyl (C=O) groups is 2. The van der Waals surface area contributed by atoms with Gasteiger partial charge in [0.15, 0.2) is 0 Å². The number of carboxylic acid groups (broad SMARTS) is 1. The predicted molar refractivity (Wildman–Crippen MR) is 77.9 cm³/mol. The highest BCUT2D eigenvalue weighted by molar-refractivity contribution is 7.98. The lowest BCUT2D eigenvalue weighted by atomic mass is 10.2. The van der Waals surface area contributed by atoms with Crippen LogP contribution < -0.4 is 10.6 Å². The number of amides is 2. The van der Waals surface area contributed by atoms with Crippen LogP contribution >= 0.6 is 11.8 Å². The Hall–Kier alpha value is -1.70. The summed E-state index contributed by atoms with van der Waals surface area (Å²) in [6.45, 7) is 0.408. The van der Waals surface area contributed by atoms with Crippen LogP contribution in [0.1, 0.15) is 12.2 Å². The third kappa shape index (κ3) is 5.52. The number of rotatable bonds is 8. The van der Waals surface area contributed by atoms with Crippen molar-refractivity contribution in [1.82, 2.24) is 20.2 Å². The van der Waals surface area contributed by atoms with Crippen LogP contribution in [-0.4, -0.2) is 51.3 Å². The standard InChI is InChI=1S/C12H20N4O3S/c1-16-7-6-13-10(16)3-5-14-12(19)15-9(11(17)18)4-8-20-2/h6-7,9H,3-5,8H2,1-2H3,(H,17,18)(H2,14,15,19)/t9-/m1/s1. The maximum absolute atomic E-state index is 11.6. The fourth-order valence-corrected chi connectivity index (χ4v) is 2.10. The minimum atomic E-state index is -1.02. The molecule has 112 valence electrons. The zero-order valence-electron chi connectivity index (χ0n) is 11.6. The molecule has 3 N–H and O–H groups in total. The molecule has 0 saturated heterocycles. The molecule has 8 heteroatoms. The summed E-state index contributed by atoms with van der Waals surface area (Å²) in [6, 6.07) is -1.32. The fraction of sp³-hybridized carbons (Fsp3) is 0.583. The molecule has 0 saturated carbocycles. The van der Waals surface area contributed by atoms with Crippen molar-refractivity contribution < 1.29 is 14.7 Å². The summed E-state index contributed by atoms with van der Waals surface area (Å²) in [5.74, 6) is 0.533. The number of urea groups is 1. The maximum Gasteiger partial charge on any atom is 0.326 e. The van der Waals surface area contributed by atoms with Gasteiger partial charge in [-0.2, -0.15) is 11.8 Å². The summed E-state index contributed by atoms with van der Waals surface area (Å²) >= 11 is 1.55. The van der Waals surface area contributed by atoms with Gasteiger partial charge in [-0.15, -0.1) is 0 Å². The molecule has 0 aromatic carbocycles. The Bertz CT molecular complexity index is 450. The van der Waals surface area contributed by atoms with Crippen molar-refractivity contribution in [2.24, 2.45) is 7.05 Å². The molecule has 0 aliphatic heterocycles. The Morgan fingerprint density at radius 2 is 2.30 bits per heavy atom. The van der Waals surface area contributed by atoms with E-state index in [1.165, 1.54) is 0 Å². The van der Waals surface area contributed by atoms with E-state index in [1.54, 1.807) is 18.0 Å². The summed E-state index contributed by atoms with van der Waals surface area (Å²) in [5, 5.41) is 14.1. The van der Waals surface area contributed by atoms with Gasteiger partial charge in [0, 0.05) is 32.4 Å². The average Bonchev–Trinajstić information content (AvgIpc) is 2.80. The van der Waals surface area contributed by atoms with Gasteiger partial charge >= 0.3 is 12.0 Å². The molecule has 0 radical (unpaired) electrons. The Morgan fingerprint density at radius 1 is 1.55 bits per heavy atom. The van der Waals surface area contributed by atoms with Crippen LogP contribution in [0.15, 0.2) is 12.4 Å². The number of aryl methyl sites for hydroxylation is 1. The predicted octanol–water partition coefficient (Wildman–Crippen LogP) is 0.468. The highest BCUT2D eigenvalue weighted by atomic mass is 32.2. The van der Waals surface area contributed by atoms with Gasteiger partial charge in [0.05, 0.1) is 0 Å². The number of nitrogens with zero attached hydrogens (tertiary/aromatic N) is 2. The molecule has 7 nitrogen and oxygen atoms in total. The van der Waals surface area contributed by atoms with Gasteiger partial charge in [-0.05, 0) is 18.4 Å². The van der Waals surface area contributed by atoms with Gasteiger partial charge < -0.3 is 20.3 Å². The van der Waals surface area contributed by atoms with E-state index >= 15 is 0 Å². The molecule has 1 aromatic heterocycles. The number of thioether (sulfide) groups is 1. The van der Waals surface area contributed by atoms with E-state index in [1.807, 2.05) is 24.1 Å². The first-order valence-electron chi connectivity index (χ1n) is 6.27. The van der Waals surface area contributed by atoms with Crippen LogP contribution in [0.4, 0.5) is 4.79 Å². The summed E-state index contributed by atoms with van der Waals surface area (Å²) in [5.41, 5.74) is 0. The van der Waals surface area contributed by atoms with E-state index in [4.69, 9.17) is 5.11 Å². The van der Waals surface area contributed by atoms with Gasteiger partial charge in [-0.1, -0.05) is 0 Å². The van der Waals surface area contributed by atoms with Gasteiger partial charge in [0.25, 0.3) is 0 Å². The molecule has 20 heavy (non-hydrogen) atoms. The summed E-state index contributed by atoms with van der Waals surface area (Å²) < 4.78 is 1.87. The van der Waals surface area contributed by atoms with Gasteiger partial charge in [-0.3, -0.25) is 0 Å². The molecule has 1 atom stereocenters. The molecule has 0 fully saturated rings. The minimum Gasteiger partial charge on any atom is -0.480 e. The smallest absolute Gasteiger partial charge is 0.326 e. The van der Waals surface area contributed by atoms with Crippen molar-refractivity contribution in [1.29, 1.82) is 0 Å². The van der Waals surface area contributed by atoms with E-state index in [2.05, 4.69) is 15.6 Å². The van der Waals surface area contributed by atoms with Crippen LogP contribution in [0.3, 0.4) is 0 Å². The van der Waals surface area contributed by atoms with Gasteiger partial charge in [0.2, 0.25) is 0 Å². The number of imidazole rings is 1. The number of hydrogen-bond donors (Lipinski definition) is 3. The number of carboxylic acids is 1. The van der Waals surface area contributed by atoms with E-state index in [9.17, 15) is 9.59 Å². The van der Waals surface area contributed by atoms with Crippen molar-refractivity contribution in [3.63, 3.8) is 0 Å². The van der Waals surface area contributed by atoms with Crippen LogP contribution in [-0.2, 0) is 18.3 Å². The first-order chi connectivity index (χ1) is 9.54. The second-order valence-electron chi connectivity index (χ2n) is 4.28. The van der Waals surface area contributed by atoms with Gasteiger partial charge in [0.1, 0.15) is 11.9 Å².